The van der Waals surface area contributed by atoms with E-state index in [1.54, 1.807) is 6.07 Å². The van der Waals surface area contributed by atoms with Gasteiger partial charge >= 0.3 is 6.09 Å². The van der Waals surface area contributed by atoms with Gasteiger partial charge < -0.3 is 5.11 Å². The molecule has 1 aromatic rings. The lowest BCUT2D eigenvalue weighted by Gasteiger charge is -2.11. The highest BCUT2D eigenvalue weighted by Crippen LogP contribution is 2.23. The fourth-order valence-electron chi connectivity index (χ4n) is 0.884. The van der Waals surface area contributed by atoms with Crippen LogP contribution in [0.25, 0.3) is 0 Å². The van der Waals surface area contributed by atoms with Gasteiger partial charge in [0.1, 0.15) is 4.21 Å². The number of halogens is 1. The predicted molar refractivity (Wildman–Crippen MR) is 68.0 cm³/mol. The molecule has 0 aliphatic rings. The van der Waals surface area contributed by atoms with Crippen LogP contribution in [0.5, 0.6) is 0 Å². The van der Waals surface area contributed by atoms with E-state index < -0.39 is 16.1 Å². The molecule has 8 heteroatoms. The fourth-order valence-corrected chi connectivity index (χ4v) is 3.38. The molecule has 1 rings (SSSR count). The third kappa shape index (κ3) is 3.21. The molecule has 5 nitrogen and oxygen atoms in total. The Balaban J connectivity index is 3.09. The van der Waals surface area contributed by atoms with Gasteiger partial charge in [-0.15, -0.1) is 11.3 Å². The van der Waals surface area contributed by atoms with E-state index in [1.807, 2.05) is 0 Å². The predicted octanol–water partition coefficient (Wildman–Crippen LogP) is 1.79. The van der Waals surface area contributed by atoms with Gasteiger partial charge in [-0.25, -0.2) is 9.10 Å². The van der Waals surface area contributed by atoms with Crippen molar-refractivity contribution in [2.24, 2.45) is 0 Å². The van der Waals surface area contributed by atoms with Gasteiger partial charge in [0.05, 0.1) is 10.2 Å². The van der Waals surface area contributed by atoms with Crippen molar-refractivity contribution in [1.29, 1.82) is 0 Å². The van der Waals surface area contributed by atoms with Gasteiger partial charge in [0.15, 0.2) is 0 Å². The van der Waals surface area contributed by atoms with Gasteiger partial charge in [-0.1, -0.05) is 27.8 Å². The largest absolute Gasteiger partial charge is 0.464 e. The molecule has 1 N–H and O–H groups in total. The molecule has 0 saturated heterocycles. The summed E-state index contributed by atoms with van der Waals surface area (Å²) in [6.45, 7) is 0. The van der Waals surface area contributed by atoms with Crippen LogP contribution >= 0.6 is 27.3 Å². The number of alkyl halides is 1. The lowest BCUT2D eigenvalue weighted by atomic mass is 10.5. The Morgan fingerprint density at radius 1 is 1.59 bits per heavy atom. The van der Waals surface area contributed by atoms with E-state index in [0.29, 0.717) is 10.2 Å². The first-order valence-corrected chi connectivity index (χ1v) is 7.64. The van der Waals surface area contributed by atoms with E-state index in [1.165, 1.54) is 6.07 Å². The summed E-state index contributed by atoms with van der Waals surface area (Å²) in [4.78, 5) is 11.2. The Morgan fingerprint density at radius 2 is 2.24 bits per heavy atom. The molecule has 0 saturated carbocycles. The van der Waals surface area contributed by atoms with Crippen molar-refractivity contribution < 1.29 is 18.3 Å². The van der Waals surface area contributed by atoms with Crippen molar-refractivity contribution >= 4 is 43.4 Å². The molecule has 17 heavy (non-hydrogen) atoms. The number of hydrogen-bond donors (Lipinski definition) is 1. The van der Waals surface area contributed by atoms with Gasteiger partial charge in [0.25, 0.3) is 10.0 Å². The maximum atomic E-state index is 11.8. The summed E-state index contributed by atoms with van der Waals surface area (Å²) < 4.78 is 23.8. The first-order valence-electron chi connectivity index (χ1n) is 4.26. The van der Waals surface area contributed by atoms with Crippen LogP contribution in [0.2, 0.25) is 0 Å². The van der Waals surface area contributed by atoms with Crippen LogP contribution in [0.15, 0.2) is 16.3 Å². The third-order valence-corrected chi connectivity index (χ3v) is 5.22. The van der Waals surface area contributed by atoms with Crippen LogP contribution in [-0.2, 0) is 10.0 Å². The summed E-state index contributed by atoms with van der Waals surface area (Å²) in [5, 5.41) is 9.13. The summed E-state index contributed by atoms with van der Waals surface area (Å²) in [5.41, 5.74) is 0. The minimum Gasteiger partial charge on any atom is -0.464 e. The minimum absolute atomic E-state index is 0.0405. The van der Waals surface area contributed by atoms with Crippen molar-refractivity contribution in [3.05, 3.63) is 17.0 Å². The van der Waals surface area contributed by atoms with Crippen LogP contribution in [0.1, 0.15) is 4.88 Å². The number of thiophene rings is 1. The molecular weight excluding hydrogens is 330 g/mol. The van der Waals surface area contributed by atoms with E-state index in [9.17, 15) is 13.2 Å². The number of sulfonamides is 1. The normalized spacial score (nSPS) is 10.5. The molecule has 0 unspecified atom stereocenters. The van der Waals surface area contributed by atoms with Crippen molar-refractivity contribution in [1.82, 2.24) is 4.31 Å². The molecule has 0 aliphatic heterocycles. The van der Waals surface area contributed by atoms with E-state index in [0.717, 1.165) is 18.4 Å². The van der Waals surface area contributed by atoms with Crippen LogP contribution in [0.4, 0.5) is 4.79 Å². The number of amides is 1. The van der Waals surface area contributed by atoms with E-state index in [2.05, 4.69) is 27.8 Å². The maximum absolute atomic E-state index is 11.8. The Kier molecular flexibility index (Phi) is 4.56. The zero-order valence-electron chi connectivity index (χ0n) is 8.68. The number of nitrogens with zero attached hydrogens (tertiary/aromatic N) is 1. The molecule has 92 valence electrons. The Morgan fingerprint density at radius 3 is 2.76 bits per heavy atom. The second-order valence-corrected chi connectivity index (χ2v) is 6.65. The van der Waals surface area contributed by atoms with Crippen LogP contribution in [0.3, 0.4) is 0 Å². The monoisotopic (exact) mass is 337 g/mol. The average molecular weight is 338 g/mol. The highest BCUT2D eigenvalue weighted by molar-refractivity contribution is 9.09. The van der Waals surface area contributed by atoms with Gasteiger partial charge in [-0.2, -0.15) is 8.42 Å². The van der Waals surface area contributed by atoms with Crippen LogP contribution in [0, 0.1) is 11.8 Å². The zero-order chi connectivity index (χ0) is 13.1. The lowest BCUT2D eigenvalue weighted by molar-refractivity contribution is 0.178. The highest BCUT2D eigenvalue weighted by atomic mass is 79.9. The average Bonchev–Trinajstić information content (AvgIpc) is 2.74. The highest BCUT2D eigenvalue weighted by Gasteiger charge is 2.26. The van der Waals surface area contributed by atoms with Crippen LogP contribution < -0.4 is 0 Å². The van der Waals surface area contributed by atoms with Crippen molar-refractivity contribution in [2.75, 3.05) is 12.4 Å². The molecule has 1 amide bonds. The van der Waals surface area contributed by atoms with E-state index >= 15 is 0 Å². The molecule has 1 heterocycles. The van der Waals surface area contributed by atoms with E-state index in [4.69, 9.17) is 5.11 Å². The lowest BCUT2D eigenvalue weighted by Crippen LogP contribution is -2.31. The van der Waals surface area contributed by atoms with Crippen molar-refractivity contribution in [3.8, 4) is 11.8 Å². The van der Waals surface area contributed by atoms with Crippen molar-refractivity contribution in [2.45, 2.75) is 4.21 Å². The topological polar surface area (TPSA) is 74.7 Å². The van der Waals surface area contributed by atoms with Crippen molar-refractivity contribution in [3.63, 3.8) is 0 Å². The molecule has 0 radical (unpaired) electrons. The molecule has 1 aromatic heterocycles. The van der Waals surface area contributed by atoms with Gasteiger partial charge in [-0.3, -0.25) is 0 Å². The summed E-state index contributed by atoms with van der Waals surface area (Å²) in [5.74, 6) is 5.48. The summed E-state index contributed by atoms with van der Waals surface area (Å²) in [6.07, 6.45) is -1.52. The number of hydrogen-bond acceptors (Lipinski definition) is 4. The molecule has 0 spiro atoms. The first-order chi connectivity index (χ1) is 7.89. The van der Waals surface area contributed by atoms with Gasteiger partial charge in [0, 0.05) is 7.05 Å². The molecule has 0 aliphatic carbocycles. The standard InChI is InChI=1S/C9H8BrNO4S2/c1-11(9(12)13)17(14,15)8-5-4-7(16-8)3-2-6-10/h4-5H,6H2,1H3,(H,12,13). The van der Waals surface area contributed by atoms with E-state index in [-0.39, 0.29) is 8.51 Å². The fraction of sp³-hybridized carbons (Fsp3) is 0.222. The number of rotatable bonds is 2. The Hall–Kier alpha value is -1.04. The van der Waals surface area contributed by atoms with Gasteiger partial charge in [-0.05, 0) is 12.1 Å². The smallest absolute Gasteiger partial charge is 0.421 e. The minimum atomic E-state index is -3.97. The zero-order valence-corrected chi connectivity index (χ0v) is 11.9. The number of carbonyl (C=O) groups is 1. The molecule has 0 fully saturated rings. The second kappa shape index (κ2) is 5.53. The second-order valence-electron chi connectivity index (χ2n) is 2.81. The SMILES string of the molecule is CN(C(=O)O)S(=O)(=O)c1ccc(C#CCBr)s1. The molecule has 0 bridgehead atoms. The quantitative estimate of drug-likeness (QED) is 0.659. The maximum Gasteiger partial charge on any atom is 0.421 e. The summed E-state index contributed by atoms with van der Waals surface area (Å²) in [6, 6.07) is 2.89. The Labute approximate surface area is 111 Å². The Bertz CT molecular complexity index is 582. The first kappa shape index (κ1) is 14.0. The third-order valence-electron chi connectivity index (χ3n) is 1.74. The van der Waals surface area contributed by atoms with Crippen LogP contribution in [-0.4, -0.2) is 36.3 Å². The molecule has 0 aromatic carbocycles. The molecule has 0 atom stereocenters. The van der Waals surface area contributed by atoms with Gasteiger partial charge in [0.2, 0.25) is 0 Å². The number of carboxylic acid groups (broad SMARTS) is 1. The molecular formula is C9H8BrNO4S2. The summed E-state index contributed by atoms with van der Waals surface area (Å²) in [7, 11) is -2.98. The summed E-state index contributed by atoms with van der Waals surface area (Å²) >= 11 is 4.06.